The highest BCUT2D eigenvalue weighted by Gasteiger charge is 2.29. The van der Waals surface area contributed by atoms with Crippen molar-refractivity contribution in [3.8, 4) is 5.75 Å². The van der Waals surface area contributed by atoms with Gasteiger partial charge in [0.25, 0.3) is 0 Å². The Labute approximate surface area is 157 Å². The third kappa shape index (κ3) is 3.35. The number of oxazole rings is 1. The summed E-state index contributed by atoms with van der Waals surface area (Å²) < 4.78 is 12.0. The molecule has 1 aromatic heterocycles. The maximum atomic E-state index is 12.8. The average molecular weight is 366 g/mol. The smallest absolute Gasteiger partial charge is 0.419 e. The molecule has 27 heavy (non-hydrogen) atoms. The van der Waals surface area contributed by atoms with Gasteiger partial charge in [-0.05, 0) is 42.7 Å². The van der Waals surface area contributed by atoms with Gasteiger partial charge in [0.1, 0.15) is 5.75 Å². The summed E-state index contributed by atoms with van der Waals surface area (Å²) in [5, 5.41) is 0. The number of hydrogen-bond donors (Lipinski definition) is 0. The number of hydrogen-bond acceptors (Lipinski definition) is 4. The molecule has 4 rings (SSSR count). The van der Waals surface area contributed by atoms with Crippen molar-refractivity contribution in [2.45, 2.75) is 31.8 Å². The van der Waals surface area contributed by atoms with Gasteiger partial charge in [-0.1, -0.05) is 24.3 Å². The van der Waals surface area contributed by atoms with Gasteiger partial charge >= 0.3 is 5.76 Å². The lowest BCUT2D eigenvalue weighted by atomic mass is 10.0. The lowest BCUT2D eigenvalue weighted by molar-refractivity contribution is -0.132. The molecule has 1 amide bonds. The van der Waals surface area contributed by atoms with E-state index >= 15 is 0 Å². The summed E-state index contributed by atoms with van der Waals surface area (Å²) >= 11 is 0. The minimum Gasteiger partial charge on any atom is -0.497 e. The number of methoxy groups -OCH3 is 1. The molecule has 1 atom stereocenters. The quantitative estimate of drug-likeness (QED) is 0.695. The summed E-state index contributed by atoms with van der Waals surface area (Å²) in [7, 11) is 1.64. The Bertz CT molecular complexity index is 1000. The van der Waals surface area contributed by atoms with Gasteiger partial charge in [0, 0.05) is 19.5 Å². The lowest BCUT2D eigenvalue weighted by Crippen LogP contribution is -2.31. The monoisotopic (exact) mass is 366 g/mol. The van der Waals surface area contributed by atoms with Crippen molar-refractivity contribution in [1.29, 1.82) is 0 Å². The van der Waals surface area contributed by atoms with Crippen molar-refractivity contribution >= 4 is 17.0 Å². The molecule has 3 aromatic rings. The van der Waals surface area contributed by atoms with Gasteiger partial charge < -0.3 is 14.1 Å². The van der Waals surface area contributed by atoms with E-state index < -0.39 is 5.76 Å². The van der Waals surface area contributed by atoms with Gasteiger partial charge in [0.05, 0.1) is 18.7 Å². The maximum Gasteiger partial charge on any atom is 0.419 e. The number of likely N-dealkylation sites (tertiary alicyclic amines) is 1. The van der Waals surface area contributed by atoms with E-state index in [1.54, 1.807) is 13.2 Å². The van der Waals surface area contributed by atoms with Crippen LogP contribution in [0.25, 0.3) is 11.1 Å². The molecule has 1 aliphatic heterocycles. The molecule has 2 heterocycles. The zero-order valence-electron chi connectivity index (χ0n) is 15.3. The van der Waals surface area contributed by atoms with E-state index in [0.717, 1.165) is 36.2 Å². The highest BCUT2D eigenvalue weighted by molar-refractivity contribution is 5.77. The summed E-state index contributed by atoms with van der Waals surface area (Å²) in [5.74, 6) is 0.448. The van der Waals surface area contributed by atoms with Gasteiger partial charge in [-0.2, -0.15) is 0 Å². The number of nitrogens with zero attached hydrogens (tertiary/aromatic N) is 2. The number of amides is 1. The first-order chi connectivity index (χ1) is 13.2. The van der Waals surface area contributed by atoms with Crippen LogP contribution in [0.5, 0.6) is 5.75 Å². The van der Waals surface area contributed by atoms with Crippen LogP contribution in [0.15, 0.2) is 57.7 Å². The second-order valence-electron chi connectivity index (χ2n) is 6.76. The molecule has 0 saturated carbocycles. The van der Waals surface area contributed by atoms with Gasteiger partial charge in [-0.25, -0.2) is 4.79 Å². The van der Waals surface area contributed by atoms with Crippen LogP contribution in [0.4, 0.5) is 0 Å². The van der Waals surface area contributed by atoms with E-state index in [1.807, 2.05) is 47.4 Å². The molecule has 1 fully saturated rings. The molecule has 0 spiro atoms. The van der Waals surface area contributed by atoms with Crippen molar-refractivity contribution < 1.29 is 13.9 Å². The van der Waals surface area contributed by atoms with Gasteiger partial charge in [-0.3, -0.25) is 9.36 Å². The number of aryl methyl sites for hydroxylation is 1. The summed E-state index contributed by atoms with van der Waals surface area (Å²) in [6, 6.07) is 15.2. The number of carbonyl (C=O) groups is 1. The van der Waals surface area contributed by atoms with Crippen molar-refractivity contribution in [3.05, 3.63) is 64.6 Å². The van der Waals surface area contributed by atoms with Gasteiger partial charge in [0.2, 0.25) is 5.91 Å². The maximum absolute atomic E-state index is 12.8. The molecule has 140 valence electrons. The van der Waals surface area contributed by atoms with E-state index in [4.69, 9.17) is 9.15 Å². The Morgan fingerprint density at radius 1 is 1.19 bits per heavy atom. The van der Waals surface area contributed by atoms with Crippen LogP contribution in [0.1, 0.15) is 30.9 Å². The van der Waals surface area contributed by atoms with Crippen LogP contribution in [0, 0.1) is 0 Å². The SMILES string of the molecule is COc1ccc(C2CCCN2C(=O)CCn2c(=O)oc3ccccc32)cc1. The van der Waals surface area contributed by atoms with Crippen molar-refractivity contribution in [3.63, 3.8) is 0 Å². The number of rotatable bonds is 5. The summed E-state index contributed by atoms with van der Waals surface area (Å²) in [5.41, 5.74) is 2.39. The number of benzene rings is 2. The number of ether oxygens (including phenoxy) is 1. The molecule has 0 bridgehead atoms. The zero-order chi connectivity index (χ0) is 18.8. The summed E-state index contributed by atoms with van der Waals surface area (Å²) in [6.45, 7) is 1.07. The molecule has 1 saturated heterocycles. The molecular formula is C21H22N2O4. The van der Waals surface area contributed by atoms with Crippen LogP contribution >= 0.6 is 0 Å². The zero-order valence-corrected chi connectivity index (χ0v) is 15.3. The fourth-order valence-electron chi connectivity index (χ4n) is 3.81. The molecule has 0 radical (unpaired) electrons. The largest absolute Gasteiger partial charge is 0.497 e. The Hall–Kier alpha value is -3.02. The first kappa shape index (κ1) is 17.4. The average Bonchev–Trinajstić information content (AvgIpc) is 3.30. The lowest BCUT2D eigenvalue weighted by Gasteiger charge is -2.25. The Balaban J connectivity index is 1.48. The molecule has 1 aliphatic rings. The molecule has 6 nitrogen and oxygen atoms in total. The van der Waals surface area contributed by atoms with Gasteiger partial charge in [0.15, 0.2) is 5.58 Å². The second kappa shape index (κ2) is 7.31. The second-order valence-corrected chi connectivity index (χ2v) is 6.76. The molecule has 0 aliphatic carbocycles. The van der Waals surface area contributed by atoms with Crippen molar-refractivity contribution in [2.24, 2.45) is 0 Å². The third-order valence-electron chi connectivity index (χ3n) is 5.20. The first-order valence-corrected chi connectivity index (χ1v) is 9.19. The Morgan fingerprint density at radius 3 is 2.74 bits per heavy atom. The van der Waals surface area contributed by atoms with E-state index in [1.165, 1.54) is 4.57 Å². The highest BCUT2D eigenvalue weighted by Crippen LogP contribution is 2.33. The number of fused-ring (bicyclic) bond motifs is 1. The van der Waals surface area contributed by atoms with E-state index in [-0.39, 0.29) is 18.4 Å². The normalized spacial score (nSPS) is 16.8. The van der Waals surface area contributed by atoms with Crippen molar-refractivity contribution in [2.75, 3.05) is 13.7 Å². The predicted molar refractivity (Wildman–Crippen MR) is 102 cm³/mol. The third-order valence-corrected chi connectivity index (χ3v) is 5.20. The summed E-state index contributed by atoms with van der Waals surface area (Å²) in [6.07, 6.45) is 2.21. The van der Waals surface area contributed by atoms with Crippen LogP contribution in [0.3, 0.4) is 0 Å². The number of carbonyl (C=O) groups excluding carboxylic acids is 1. The van der Waals surface area contributed by atoms with Crippen LogP contribution in [-0.4, -0.2) is 29.0 Å². The van der Waals surface area contributed by atoms with Crippen molar-refractivity contribution in [1.82, 2.24) is 9.47 Å². The number of para-hydroxylation sites is 2. The molecule has 0 N–H and O–H groups in total. The molecule has 6 heteroatoms. The standard InChI is InChI=1S/C21H22N2O4/c1-26-16-10-8-15(9-11-16)17-6-4-13-22(17)20(24)12-14-23-18-5-2-3-7-19(18)27-21(23)25/h2-3,5,7-11,17H,4,6,12-14H2,1H3. The van der Waals surface area contributed by atoms with Gasteiger partial charge in [-0.15, -0.1) is 0 Å². The summed E-state index contributed by atoms with van der Waals surface area (Å²) in [4.78, 5) is 26.9. The molecule has 1 unspecified atom stereocenters. The van der Waals surface area contributed by atoms with E-state index in [2.05, 4.69) is 0 Å². The minimum atomic E-state index is -0.419. The predicted octanol–water partition coefficient (Wildman–Crippen LogP) is 3.36. The number of aromatic nitrogens is 1. The molecular weight excluding hydrogens is 344 g/mol. The fourth-order valence-corrected chi connectivity index (χ4v) is 3.81. The topological polar surface area (TPSA) is 64.7 Å². The van der Waals surface area contributed by atoms with E-state index in [9.17, 15) is 9.59 Å². The Morgan fingerprint density at radius 2 is 1.96 bits per heavy atom. The van der Waals surface area contributed by atoms with Crippen LogP contribution in [0.2, 0.25) is 0 Å². The fraction of sp³-hybridized carbons (Fsp3) is 0.333. The van der Waals surface area contributed by atoms with Crippen LogP contribution < -0.4 is 10.5 Å². The van der Waals surface area contributed by atoms with Crippen LogP contribution in [-0.2, 0) is 11.3 Å². The first-order valence-electron chi connectivity index (χ1n) is 9.19. The highest BCUT2D eigenvalue weighted by atomic mass is 16.5. The molecule has 2 aromatic carbocycles. The minimum absolute atomic E-state index is 0.0606. The van der Waals surface area contributed by atoms with E-state index in [0.29, 0.717) is 12.1 Å². The Kier molecular flexibility index (Phi) is 4.71.